The Morgan fingerprint density at radius 3 is 2.75 bits per heavy atom. The maximum absolute atomic E-state index is 12.0. The van der Waals surface area contributed by atoms with Gasteiger partial charge in [-0.3, -0.25) is 4.68 Å². The summed E-state index contributed by atoms with van der Waals surface area (Å²) in [5, 5.41) is 15.7. The van der Waals surface area contributed by atoms with E-state index in [4.69, 9.17) is 0 Å². The highest BCUT2D eigenvalue weighted by Crippen LogP contribution is 2.26. The topological polar surface area (TPSA) is 87.5 Å². The van der Waals surface area contributed by atoms with Gasteiger partial charge >= 0.3 is 12.0 Å². The number of urea groups is 1. The van der Waals surface area contributed by atoms with Crippen LogP contribution in [0, 0.1) is 5.92 Å². The molecule has 1 atom stereocenters. The summed E-state index contributed by atoms with van der Waals surface area (Å²) in [5.74, 6) is -0.546. The lowest BCUT2D eigenvalue weighted by atomic mass is 9.85. The lowest BCUT2D eigenvalue weighted by molar-refractivity contribution is -0.139. The number of aliphatic carboxylic acids is 1. The summed E-state index contributed by atoms with van der Waals surface area (Å²) in [6, 6.07) is -1.44. The van der Waals surface area contributed by atoms with Crippen molar-refractivity contribution in [1.29, 1.82) is 0 Å². The smallest absolute Gasteiger partial charge is 0.331 e. The number of nitrogens with one attached hydrogen (secondary N) is 1. The zero-order valence-corrected chi connectivity index (χ0v) is 11.7. The highest BCUT2D eigenvalue weighted by Gasteiger charge is 2.26. The Balaban J connectivity index is 1.96. The standard InChI is InChI=1S/C13H20N4O3/c1-16(7-9-4-3-5-9)13(20)15-11(12(18)19)10-6-14-17(2)8-10/h6,8-9,11H,3-5,7H2,1-2H3,(H,15,20)(H,18,19). The molecule has 110 valence electrons. The average molecular weight is 280 g/mol. The van der Waals surface area contributed by atoms with Crippen molar-refractivity contribution in [3.8, 4) is 0 Å². The molecule has 1 aliphatic rings. The summed E-state index contributed by atoms with van der Waals surface area (Å²) >= 11 is 0. The number of hydrogen-bond acceptors (Lipinski definition) is 3. The predicted octanol–water partition coefficient (Wildman–Crippen LogP) is 0.987. The zero-order valence-electron chi connectivity index (χ0n) is 11.7. The number of carboxylic acid groups (broad SMARTS) is 1. The van der Waals surface area contributed by atoms with Crippen LogP contribution in [-0.4, -0.2) is 45.4 Å². The molecule has 0 aliphatic heterocycles. The number of carbonyl (C=O) groups excluding carboxylic acids is 1. The third kappa shape index (κ3) is 3.28. The molecule has 1 saturated carbocycles. The molecular formula is C13H20N4O3. The molecule has 7 nitrogen and oxygen atoms in total. The minimum Gasteiger partial charge on any atom is -0.479 e. The van der Waals surface area contributed by atoms with Crippen molar-refractivity contribution in [2.24, 2.45) is 13.0 Å². The first-order chi connectivity index (χ1) is 9.47. The van der Waals surface area contributed by atoms with E-state index in [1.807, 2.05) is 0 Å². The van der Waals surface area contributed by atoms with Crippen LogP contribution in [0.25, 0.3) is 0 Å². The van der Waals surface area contributed by atoms with Gasteiger partial charge in [0.1, 0.15) is 0 Å². The van der Waals surface area contributed by atoms with Gasteiger partial charge in [-0.05, 0) is 18.8 Å². The molecule has 7 heteroatoms. The molecule has 2 rings (SSSR count). The molecule has 1 aliphatic carbocycles. The third-order valence-electron chi connectivity index (χ3n) is 3.68. The molecule has 1 aromatic heterocycles. The van der Waals surface area contributed by atoms with E-state index in [-0.39, 0.29) is 6.03 Å². The lowest BCUT2D eigenvalue weighted by Gasteiger charge is -2.30. The highest BCUT2D eigenvalue weighted by molar-refractivity contribution is 5.83. The van der Waals surface area contributed by atoms with E-state index in [1.54, 1.807) is 25.2 Å². The van der Waals surface area contributed by atoms with Crippen LogP contribution in [0.3, 0.4) is 0 Å². The second-order valence-electron chi connectivity index (χ2n) is 5.35. The van der Waals surface area contributed by atoms with Crippen molar-refractivity contribution < 1.29 is 14.7 Å². The van der Waals surface area contributed by atoms with Crippen molar-refractivity contribution in [3.63, 3.8) is 0 Å². The van der Waals surface area contributed by atoms with Gasteiger partial charge < -0.3 is 15.3 Å². The van der Waals surface area contributed by atoms with Gasteiger partial charge in [-0.1, -0.05) is 6.42 Å². The minimum atomic E-state index is -1.09. The van der Waals surface area contributed by atoms with E-state index < -0.39 is 12.0 Å². The fraction of sp³-hybridized carbons (Fsp3) is 0.615. The van der Waals surface area contributed by atoms with E-state index in [0.29, 0.717) is 18.0 Å². The first-order valence-corrected chi connectivity index (χ1v) is 6.70. The number of carboxylic acids is 1. The van der Waals surface area contributed by atoms with Crippen molar-refractivity contribution in [3.05, 3.63) is 18.0 Å². The fourth-order valence-corrected chi connectivity index (χ4v) is 2.26. The number of rotatable bonds is 5. The zero-order chi connectivity index (χ0) is 14.7. The Morgan fingerprint density at radius 1 is 1.60 bits per heavy atom. The van der Waals surface area contributed by atoms with E-state index in [0.717, 1.165) is 12.8 Å². The number of aromatic nitrogens is 2. The fourth-order valence-electron chi connectivity index (χ4n) is 2.26. The van der Waals surface area contributed by atoms with Crippen molar-refractivity contribution in [1.82, 2.24) is 20.0 Å². The Morgan fingerprint density at radius 2 is 2.30 bits per heavy atom. The normalized spacial score (nSPS) is 16.3. The summed E-state index contributed by atoms with van der Waals surface area (Å²) in [6.07, 6.45) is 6.54. The van der Waals surface area contributed by atoms with Crippen LogP contribution in [0.1, 0.15) is 30.9 Å². The molecule has 2 N–H and O–H groups in total. The van der Waals surface area contributed by atoms with Gasteiger partial charge in [0.25, 0.3) is 0 Å². The van der Waals surface area contributed by atoms with Gasteiger partial charge in [-0.15, -0.1) is 0 Å². The first-order valence-electron chi connectivity index (χ1n) is 6.70. The quantitative estimate of drug-likeness (QED) is 0.842. The number of hydrogen-bond donors (Lipinski definition) is 2. The predicted molar refractivity (Wildman–Crippen MR) is 72.1 cm³/mol. The Hall–Kier alpha value is -2.05. The van der Waals surface area contributed by atoms with E-state index in [9.17, 15) is 14.7 Å². The molecule has 1 heterocycles. The summed E-state index contributed by atoms with van der Waals surface area (Å²) in [5.41, 5.74) is 0.463. The lowest BCUT2D eigenvalue weighted by Crippen LogP contribution is -2.44. The van der Waals surface area contributed by atoms with Crippen LogP contribution in [0.15, 0.2) is 12.4 Å². The molecule has 20 heavy (non-hydrogen) atoms. The van der Waals surface area contributed by atoms with Gasteiger partial charge in [0.15, 0.2) is 6.04 Å². The van der Waals surface area contributed by atoms with Crippen molar-refractivity contribution in [2.75, 3.05) is 13.6 Å². The second-order valence-corrected chi connectivity index (χ2v) is 5.35. The molecule has 0 saturated heterocycles. The SMILES string of the molecule is CN(CC1CCC1)C(=O)NC(C(=O)O)c1cnn(C)c1. The molecule has 1 unspecified atom stereocenters. The monoisotopic (exact) mass is 280 g/mol. The van der Waals surface area contributed by atoms with Gasteiger partial charge in [-0.2, -0.15) is 5.10 Å². The summed E-state index contributed by atoms with van der Waals surface area (Å²) in [4.78, 5) is 24.9. The Bertz CT molecular complexity index is 496. The molecule has 0 bridgehead atoms. The summed E-state index contributed by atoms with van der Waals surface area (Å²) in [6.45, 7) is 0.672. The highest BCUT2D eigenvalue weighted by atomic mass is 16.4. The summed E-state index contributed by atoms with van der Waals surface area (Å²) in [7, 11) is 3.39. The van der Waals surface area contributed by atoms with Gasteiger partial charge in [0.2, 0.25) is 0 Å². The molecular weight excluding hydrogens is 260 g/mol. The van der Waals surface area contributed by atoms with Gasteiger partial charge in [-0.25, -0.2) is 9.59 Å². The van der Waals surface area contributed by atoms with E-state index in [1.165, 1.54) is 17.3 Å². The van der Waals surface area contributed by atoms with Crippen molar-refractivity contribution in [2.45, 2.75) is 25.3 Å². The van der Waals surface area contributed by atoms with Gasteiger partial charge in [0.05, 0.1) is 6.20 Å². The van der Waals surface area contributed by atoms with Crippen LogP contribution in [-0.2, 0) is 11.8 Å². The number of nitrogens with zero attached hydrogens (tertiary/aromatic N) is 3. The maximum atomic E-state index is 12.0. The summed E-state index contributed by atoms with van der Waals surface area (Å²) < 4.78 is 1.51. The molecule has 2 amide bonds. The van der Waals surface area contributed by atoms with Crippen LogP contribution in [0.5, 0.6) is 0 Å². The maximum Gasteiger partial charge on any atom is 0.331 e. The minimum absolute atomic E-state index is 0.367. The largest absolute Gasteiger partial charge is 0.479 e. The van der Waals surface area contributed by atoms with Gasteiger partial charge in [0, 0.05) is 32.4 Å². The average Bonchev–Trinajstić information content (AvgIpc) is 2.76. The van der Waals surface area contributed by atoms with Crippen LogP contribution >= 0.6 is 0 Å². The second kappa shape index (κ2) is 5.94. The number of amides is 2. The van der Waals surface area contributed by atoms with Crippen LogP contribution in [0.2, 0.25) is 0 Å². The first kappa shape index (κ1) is 14.4. The Labute approximate surface area is 117 Å². The van der Waals surface area contributed by atoms with Crippen LogP contribution < -0.4 is 5.32 Å². The molecule has 0 aromatic carbocycles. The van der Waals surface area contributed by atoms with Crippen molar-refractivity contribution >= 4 is 12.0 Å². The number of aryl methyl sites for hydroxylation is 1. The third-order valence-corrected chi connectivity index (χ3v) is 3.68. The van der Waals surface area contributed by atoms with Crippen LogP contribution in [0.4, 0.5) is 4.79 Å². The molecule has 0 radical (unpaired) electrons. The molecule has 1 aromatic rings. The number of carbonyl (C=O) groups is 2. The molecule has 0 spiro atoms. The Kier molecular flexibility index (Phi) is 4.26. The van der Waals surface area contributed by atoms with E-state index in [2.05, 4.69) is 10.4 Å². The molecule has 1 fully saturated rings. The van der Waals surface area contributed by atoms with E-state index >= 15 is 0 Å².